The van der Waals surface area contributed by atoms with Gasteiger partial charge in [-0.25, -0.2) is 17.5 Å². The Labute approximate surface area is 198 Å². The van der Waals surface area contributed by atoms with Gasteiger partial charge in [-0.1, -0.05) is 48.5 Å². The smallest absolute Gasteiger partial charge is 0.252 e. The van der Waals surface area contributed by atoms with E-state index >= 15 is 4.39 Å². The van der Waals surface area contributed by atoms with Crippen molar-refractivity contribution in [3.63, 3.8) is 0 Å². The van der Waals surface area contributed by atoms with E-state index in [4.69, 9.17) is 10.00 Å². The number of amides is 1. The lowest BCUT2D eigenvalue weighted by Gasteiger charge is -2.34. The summed E-state index contributed by atoms with van der Waals surface area (Å²) in [5.41, 5.74) is 1.23. The zero-order valence-corrected chi connectivity index (χ0v) is 19.4. The summed E-state index contributed by atoms with van der Waals surface area (Å²) in [6.45, 7) is 0.919. The summed E-state index contributed by atoms with van der Waals surface area (Å²) in [5.74, 6) is -1.22. The van der Waals surface area contributed by atoms with Crippen molar-refractivity contribution >= 4 is 15.9 Å². The quantitative estimate of drug-likeness (QED) is 0.653. The van der Waals surface area contributed by atoms with Crippen LogP contribution in [0.1, 0.15) is 24.8 Å². The molecular formula is C25H26FN3O4S. The number of benzene rings is 2. The Hall–Kier alpha value is -2.80. The van der Waals surface area contributed by atoms with E-state index in [1.54, 1.807) is 29.2 Å². The largest absolute Gasteiger partial charge is 0.368 e. The van der Waals surface area contributed by atoms with Gasteiger partial charge in [-0.05, 0) is 30.4 Å². The van der Waals surface area contributed by atoms with Gasteiger partial charge in [0.15, 0.2) is 5.75 Å². The van der Waals surface area contributed by atoms with E-state index in [2.05, 4.69) is 4.72 Å². The molecule has 1 unspecified atom stereocenters. The molecule has 34 heavy (non-hydrogen) atoms. The van der Waals surface area contributed by atoms with Crippen LogP contribution in [0.2, 0.25) is 0 Å². The van der Waals surface area contributed by atoms with Crippen molar-refractivity contribution < 1.29 is 22.3 Å². The minimum atomic E-state index is -3.87. The Balaban J connectivity index is 1.50. The summed E-state index contributed by atoms with van der Waals surface area (Å²) in [5, 5.41) is 8.95. The lowest BCUT2D eigenvalue weighted by atomic mass is 9.91. The van der Waals surface area contributed by atoms with Gasteiger partial charge >= 0.3 is 0 Å². The number of nitrogens with zero attached hydrogens (tertiary/aromatic N) is 2. The summed E-state index contributed by atoms with van der Waals surface area (Å²) in [4.78, 5) is 14.9. The molecule has 2 aliphatic heterocycles. The van der Waals surface area contributed by atoms with Crippen molar-refractivity contribution in [2.75, 3.05) is 18.9 Å². The molecule has 3 aliphatic rings. The first-order valence-corrected chi connectivity index (χ1v) is 13.1. The molecule has 1 saturated carbocycles. The number of ether oxygens (including phenoxy) is 1. The Bertz CT molecular complexity index is 1240. The van der Waals surface area contributed by atoms with Gasteiger partial charge in [0.2, 0.25) is 10.0 Å². The third-order valence-electron chi connectivity index (χ3n) is 7.23. The average molecular weight is 484 g/mol. The summed E-state index contributed by atoms with van der Waals surface area (Å²) >= 11 is 0. The monoisotopic (exact) mass is 483 g/mol. The molecule has 1 aliphatic carbocycles. The second-order valence-electron chi connectivity index (χ2n) is 9.41. The maximum Gasteiger partial charge on any atom is 0.252 e. The van der Waals surface area contributed by atoms with E-state index in [-0.39, 0.29) is 23.6 Å². The number of nitrogens with one attached hydrogen (secondary N) is 1. The highest BCUT2D eigenvalue weighted by Gasteiger charge is 2.62. The van der Waals surface area contributed by atoms with E-state index < -0.39 is 34.0 Å². The fraction of sp³-hybridized carbons (Fsp3) is 0.440. The van der Waals surface area contributed by atoms with Crippen LogP contribution in [0.4, 0.5) is 4.39 Å². The molecule has 1 spiro atoms. The van der Waals surface area contributed by atoms with Gasteiger partial charge in [-0.2, -0.15) is 5.26 Å². The number of carbonyl (C=O) groups is 1. The molecule has 178 valence electrons. The minimum absolute atomic E-state index is 0.159. The number of hydrogen-bond acceptors (Lipinski definition) is 5. The predicted molar refractivity (Wildman–Crippen MR) is 123 cm³/mol. The Kier molecular flexibility index (Phi) is 5.92. The Morgan fingerprint density at radius 2 is 1.94 bits per heavy atom. The number of rotatable bonds is 7. The first-order valence-electron chi connectivity index (χ1n) is 11.5. The van der Waals surface area contributed by atoms with Crippen molar-refractivity contribution in [1.82, 2.24) is 9.62 Å². The summed E-state index contributed by atoms with van der Waals surface area (Å²) in [6, 6.07) is 14.9. The predicted octanol–water partition coefficient (Wildman–Crippen LogP) is 2.63. The SMILES string of the molecule is N#CCS(=O)(=O)N[C@@H]1[C@H](Cc2cccc(-c3ccccc3)c2F)N(C(=O)C2CCO2)CC12CC2. The highest BCUT2D eigenvalue weighted by atomic mass is 32.2. The molecule has 9 heteroatoms. The van der Waals surface area contributed by atoms with Gasteiger partial charge in [-0.3, -0.25) is 4.79 Å². The normalized spacial score (nSPS) is 25.1. The molecule has 2 heterocycles. The molecule has 1 N–H and O–H groups in total. The van der Waals surface area contributed by atoms with E-state index in [0.717, 1.165) is 18.4 Å². The van der Waals surface area contributed by atoms with Gasteiger partial charge < -0.3 is 9.64 Å². The lowest BCUT2D eigenvalue weighted by Crippen LogP contribution is -2.53. The van der Waals surface area contributed by atoms with E-state index in [0.29, 0.717) is 30.7 Å². The topological polar surface area (TPSA) is 99.5 Å². The zero-order chi connectivity index (χ0) is 23.9. The highest BCUT2D eigenvalue weighted by molar-refractivity contribution is 7.89. The minimum Gasteiger partial charge on any atom is -0.368 e. The van der Waals surface area contributed by atoms with Crippen LogP contribution in [0.3, 0.4) is 0 Å². The standard InChI is InChI=1S/C25H26FN3O4S/c26-22-18(7-4-8-19(22)17-5-2-1-3-6-17)15-20-23(28-34(31,32)14-12-27)25(10-11-25)16-29(20)24(30)21-9-13-33-21/h1-8,20-21,23,28H,9-11,13-16H2/t20-,21?,23+/m0/s1. The molecule has 5 rings (SSSR count). The van der Waals surface area contributed by atoms with Gasteiger partial charge in [-0.15, -0.1) is 0 Å². The maximum atomic E-state index is 15.7. The van der Waals surface area contributed by atoms with Gasteiger partial charge in [0.25, 0.3) is 5.91 Å². The second kappa shape index (κ2) is 8.77. The molecule has 3 fully saturated rings. The first kappa shape index (κ1) is 23.0. The zero-order valence-electron chi connectivity index (χ0n) is 18.6. The van der Waals surface area contributed by atoms with Crippen molar-refractivity contribution in [2.24, 2.45) is 5.41 Å². The van der Waals surface area contributed by atoms with Crippen LogP contribution in [-0.2, 0) is 26.0 Å². The fourth-order valence-corrected chi connectivity index (χ4v) is 6.23. The third-order valence-corrected chi connectivity index (χ3v) is 8.36. The van der Waals surface area contributed by atoms with Crippen LogP contribution in [-0.4, -0.2) is 56.3 Å². The molecule has 0 radical (unpaired) electrons. The van der Waals surface area contributed by atoms with Crippen LogP contribution in [0.5, 0.6) is 0 Å². The number of hydrogen-bond donors (Lipinski definition) is 1. The van der Waals surface area contributed by atoms with E-state index in [1.165, 1.54) is 0 Å². The first-order chi connectivity index (χ1) is 16.3. The lowest BCUT2D eigenvalue weighted by molar-refractivity contribution is -0.157. The van der Waals surface area contributed by atoms with Crippen LogP contribution in [0, 0.1) is 22.6 Å². The van der Waals surface area contributed by atoms with Crippen LogP contribution >= 0.6 is 0 Å². The number of carbonyl (C=O) groups excluding carboxylic acids is 1. The Morgan fingerprint density at radius 3 is 2.56 bits per heavy atom. The molecule has 0 bridgehead atoms. The van der Waals surface area contributed by atoms with Crippen molar-refractivity contribution in [1.29, 1.82) is 5.26 Å². The van der Waals surface area contributed by atoms with Crippen LogP contribution in [0.25, 0.3) is 11.1 Å². The molecule has 2 saturated heterocycles. The third kappa shape index (κ3) is 4.22. The number of likely N-dealkylation sites (tertiary alicyclic amines) is 1. The van der Waals surface area contributed by atoms with Crippen LogP contribution in [0.15, 0.2) is 48.5 Å². The van der Waals surface area contributed by atoms with E-state index in [9.17, 15) is 13.2 Å². The Morgan fingerprint density at radius 1 is 1.21 bits per heavy atom. The van der Waals surface area contributed by atoms with Gasteiger partial charge in [0.05, 0.1) is 18.7 Å². The van der Waals surface area contributed by atoms with Gasteiger partial charge in [0, 0.05) is 30.0 Å². The second-order valence-corrected chi connectivity index (χ2v) is 11.2. The van der Waals surface area contributed by atoms with Gasteiger partial charge in [0.1, 0.15) is 11.9 Å². The molecule has 1 amide bonds. The molecule has 2 aromatic carbocycles. The summed E-state index contributed by atoms with van der Waals surface area (Å²) in [6.07, 6.45) is 1.79. The highest BCUT2D eigenvalue weighted by Crippen LogP contribution is 2.56. The number of halogens is 1. The van der Waals surface area contributed by atoms with Crippen LogP contribution < -0.4 is 4.72 Å². The van der Waals surface area contributed by atoms with Crippen molar-refractivity contribution in [2.45, 2.75) is 43.9 Å². The fourth-order valence-electron chi connectivity index (χ4n) is 5.18. The van der Waals surface area contributed by atoms with E-state index in [1.807, 2.05) is 30.3 Å². The summed E-state index contributed by atoms with van der Waals surface area (Å²) < 4.78 is 48.9. The molecule has 7 nitrogen and oxygen atoms in total. The molecule has 0 aromatic heterocycles. The van der Waals surface area contributed by atoms with Crippen molar-refractivity contribution in [3.05, 3.63) is 59.9 Å². The summed E-state index contributed by atoms with van der Waals surface area (Å²) in [7, 11) is -3.87. The number of sulfonamides is 1. The molecule has 3 atom stereocenters. The maximum absolute atomic E-state index is 15.7. The molecule has 2 aromatic rings. The molecular weight excluding hydrogens is 457 g/mol. The average Bonchev–Trinajstić information content (AvgIpc) is 3.49. The van der Waals surface area contributed by atoms with Crippen molar-refractivity contribution in [3.8, 4) is 17.2 Å². The number of nitriles is 1.